The smallest absolute Gasteiger partial charge is 0.270 e. The molecule has 9 heteroatoms. The van der Waals surface area contributed by atoms with Gasteiger partial charge in [-0.1, -0.05) is 5.10 Å². The quantitative estimate of drug-likeness (QED) is 0.718. The summed E-state index contributed by atoms with van der Waals surface area (Å²) in [6.45, 7) is 0.117. The van der Waals surface area contributed by atoms with Gasteiger partial charge in [0.25, 0.3) is 11.9 Å². The van der Waals surface area contributed by atoms with Gasteiger partial charge in [0.05, 0.1) is 12.6 Å². The summed E-state index contributed by atoms with van der Waals surface area (Å²) in [5.74, 6) is 0.659. The number of hydrogen-bond acceptors (Lipinski definition) is 7. The van der Waals surface area contributed by atoms with Crippen LogP contribution >= 0.6 is 0 Å². The zero-order chi connectivity index (χ0) is 13.4. The molecule has 2 aromatic rings. The molecule has 3 rings (SSSR count). The number of ether oxygens (including phenoxy) is 2. The second-order valence-electron chi connectivity index (χ2n) is 3.85. The molecule has 1 aromatic carbocycles. The molecule has 0 radical (unpaired) electrons. The predicted molar refractivity (Wildman–Crippen MR) is 63.7 cm³/mol. The molecule has 1 aromatic heterocycles. The first-order valence-electron chi connectivity index (χ1n) is 5.38. The summed E-state index contributed by atoms with van der Waals surface area (Å²) < 4.78 is 10.4. The summed E-state index contributed by atoms with van der Waals surface area (Å²) in [6.07, 6.45) is 0. The monoisotopic (exact) mass is 262 g/mol. The van der Waals surface area contributed by atoms with Gasteiger partial charge in [0, 0.05) is 11.8 Å². The maximum absolute atomic E-state index is 12.0. The first kappa shape index (κ1) is 11.3. The number of rotatable bonds is 2. The van der Waals surface area contributed by atoms with Crippen molar-refractivity contribution in [1.82, 2.24) is 20.2 Å². The summed E-state index contributed by atoms with van der Waals surface area (Å²) in [5, 5.41) is 13.6. The second kappa shape index (κ2) is 4.12. The van der Waals surface area contributed by atoms with Gasteiger partial charge in [-0.05, 0) is 11.3 Å². The number of nitrogens with two attached hydrogens (primary N) is 1. The van der Waals surface area contributed by atoms with Crippen molar-refractivity contribution in [3.8, 4) is 11.5 Å². The number of nitrogen functional groups attached to an aromatic ring is 1. The highest BCUT2D eigenvalue weighted by Gasteiger charge is 2.20. The molecule has 0 unspecified atom stereocenters. The molecule has 1 aliphatic rings. The van der Waals surface area contributed by atoms with Gasteiger partial charge in [-0.3, -0.25) is 10.1 Å². The molecule has 3 N–H and O–H groups in total. The van der Waals surface area contributed by atoms with Crippen molar-refractivity contribution in [3.05, 3.63) is 17.7 Å². The van der Waals surface area contributed by atoms with E-state index < -0.39 is 5.91 Å². The average Bonchev–Trinajstić information content (AvgIpc) is 2.96. The highest BCUT2D eigenvalue weighted by Crippen LogP contribution is 2.36. The van der Waals surface area contributed by atoms with Crippen LogP contribution in [0.25, 0.3) is 0 Å². The van der Waals surface area contributed by atoms with Crippen molar-refractivity contribution >= 4 is 17.5 Å². The Kier molecular flexibility index (Phi) is 2.44. The van der Waals surface area contributed by atoms with Crippen molar-refractivity contribution in [1.29, 1.82) is 0 Å². The van der Waals surface area contributed by atoms with E-state index in [4.69, 9.17) is 15.2 Å². The second-order valence-corrected chi connectivity index (χ2v) is 3.85. The maximum atomic E-state index is 12.0. The Morgan fingerprint density at radius 3 is 2.84 bits per heavy atom. The van der Waals surface area contributed by atoms with Crippen LogP contribution in [-0.4, -0.2) is 32.9 Å². The number of amides is 1. The summed E-state index contributed by atoms with van der Waals surface area (Å²) in [4.78, 5) is 13.3. The van der Waals surface area contributed by atoms with Gasteiger partial charge in [-0.25, -0.2) is 0 Å². The number of nitrogens with zero attached hydrogens (tertiary/aromatic N) is 4. The first-order valence-corrected chi connectivity index (χ1v) is 5.38. The van der Waals surface area contributed by atoms with E-state index in [0.29, 0.717) is 11.5 Å². The molecule has 0 atom stereocenters. The van der Waals surface area contributed by atoms with E-state index in [1.807, 2.05) is 0 Å². The lowest BCUT2D eigenvalue weighted by atomic mass is 10.1. The van der Waals surface area contributed by atoms with Crippen molar-refractivity contribution in [2.45, 2.75) is 0 Å². The van der Waals surface area contributed by atoms with Crippen molar-refractivity contribution in [3.63, 3.8) is 0 Å². The molecule has 0 spiro atoms. The van der Waals surface area contributed by atoms with Gasteiger partial charge in [-0.15, -0.1) is 5.10 Å². The molecule has 9 nitrogen and oxygen atoms in total. The molecular weight excluding hydrogens is 252 g/mol. The van der Waals surface area contributed by atoms with E-state index in [0.717, 1.165) is 0 Å². The Morgan fingerprint density at radius 1 is 1.42 bits per heavy atom. The fourth-order valence-corrected chi connectivity index (χ4v) is 1.66. The minimum atomic E-state index is -0.441. The zero-order valence-electron chi connectivity index (χ0n) is 9.95. The van der Waals surface area contributed by atoms with Crippen LogP contribution in [0.1, 0.15) is 10.4 Å². The Balaban J connectivity index is 1.87. The Bertz CT molecular complexity index is 653. The number of benzene rings is 1. The number of tetrazole rings is 1. The number of nitrogens with one attached hydrogen (secondary N) is 1. The van der Waals surface area contributed by atoms with E-state index in [9.17, 15) is 4.79 Å². The van der Waals surface area contributed by atoms with Gasteiger partial charge in [0.1, 0.15) is 0 Å². The van der Waals surface area contributed by atoms with E-state index in [2.05, 4.69) is 20.7 Å². The van der Waals surface area contributed by atoms with E-state index in [1.165, 1.54) is 10.9 Å². The summed E-state index contributed by atoms with van der Waals surface area (Å²) in [7, 11) is 1.59. The summed E-state index contributed by atoms with van der Waals surface area (Å²) in [6, 6.07) is 3.06. The van der Waals surface area contributed by atoms with Crippen LogP contribution in [0.4, 0.5) is 11.6 Å². The number of hydrogen-bond donors (Lipinski definition) is 2. The molecule has 0 saturated heterocycles. The highest BCUT2D eigenvalue weighted by molar-refractivity contribution is 6.07. The van der Waals surface area contributed by atoms with Gasteiger partial charge < -0.3 is 15.2 Å². The topological polar surface area (TPSA) is 117 Å². The van der Waals surface area contributed by atoms with E-state index >= 15 is 0 Å². The fourth-order valence-electron chi connectivity index (χ4n) is 1.66. The molecule has 0 fully saturated rings. The molecule has 0 saturated carbocycles. The summed E-state index contributed by atoms with van der Waals surface area (Å²) >= 11 is 0. The van der Waals surface area contributed by atoms with Gasteiger partial charge in [-0.2, -0.15) is 4.80 Å². The van der Waals surface area contributed by atoms with E-state index in [-0.39, 0.29) is 24.0 Å². The molecule has 0 bridgehead atoms. The molecular formula is C10H10N6O3. The average molecular weight is 262 g/mol. The third-order valence-electron chi connectivity index (χ3n) is 2.52. The Labute approximate surface area is 107 Å². The van der Waals surface area contributed by atoms with Crippen molar-refractivity contribution < 1.29 is 14.3 Å². The standard InChI is InChI=1S/C10H10N6O3/c1-16-14-10(13-15-16)12-9(17)5-2-7-8(3-6(5)11)19-4-18-7/h2-3H,4,11H2,1H3,(H,12,14,17). The summed E-state index contributed by atoms with van der Waals surface area (Å²) in [5.41, 5.74) is 6.34. The van der Waals surface area contributed by atoms with Crippen molar-refractivity contribution in [2.24, 2.45) is 7.05 Å². The van der Waals surface area contributed by atoms with Crippen LogP contribution in [0, 0.1) is 0 Å². The Hall–Kier alpha value is -2.84. The van der Waals surface area contributed by atoms with Crippen LogP contribution in [-0.2, 0) is 7.05 Å². The number of fused-ring (bicyclic) bond motifs is 1. The molecule has 1 amide bonds. The zero-order valence-corrected chi connectivity index (χ0v) is 9.95. The largest absolute Gasteiger partial charge is 0.454 e. The Morgan fingerprint density at radius 2 is 2.16 bits per heavy atom. The highest BCUT2D eigenvalue weighted by atomic mass is 16.7. The lowest BCUT2D eigenvalue weighted by Gasteiger charge is -2.06. The predicted octanol–water partition coefficient (Wildman–Crippen LogP) is -0.227. The lowest BCUT2D eigenvalue weighted by molar-refractivity contribution is 0.102. The molecule has 98 valence electrons. The van der Waals surface area contributed by atoms with Crippen molar-refractivity contribution in [2.75, 3.05) is 17.8 Å². The maximum Gasteiger partial charge on any atom is 0.270 e. The molecule has 0 aliphatic carbocycles. The minimum Gasteiger partial charge on any atom is -0.454 e. The number of aromatic nitrogens is 4. The first-order chi connectivity index (χ1) is 9.13. The molecule has 19 heavy (non-hydrogen) atoms. The van der Waals surface area contributed by atoms with Gasteiger partial charge >= 0.3 is 0 Å². The minimum absolute atomic E-state index is 0.101. The van der Waals surface area contributed by atoms with Gasteiger partial charge in [0.2, 0.25) is 6.79 Å². The third-order valence-corrected chi connectivity index (χ3v) is 2.52. The number of carbonyl (C=O) groups excluding carboxylic acids is 1. The third kappa shape index (κ3) is 2.01. The number of aryl methyl sites for hydroxylation is 1. The molecule has 1 aliphatic heterocycles. The van der Waals surface area contributed by atoms with Crippen LogP contribution in [0.3, 0.4) is 0 Å². The fraction of sp³-hybridized carbons (Fsp3) is 0.200. The normalized spacial score (nSPS) is 12.5. The van der Waals surface area contributed by atoms with E-state index in [1.54, 1.807) is 13.1 Å². The van der Waals surface area contributed by atoms with Crippen LogP contribution in [0.15, 0.2) is 12.1 Å². The lowest BCUT2D eigenvalue weighted by Crippen LogP contribution is -2.15. The molecule has 2 heterocycles. The number of carbonyl (C=O) groups is 1. The van der Waals surface area contributed by atoms with Crippen LogP contribution in [0.5, 0.6) is 11.5 Å². The van der Waals surface area contributed by atoms with Gasteiger partial charge in [0.15, 0.2) is 11.5 Å². The number of anilines is 2. The SMILES string of the molecule is Cn1nnc(NC(=O)c2cc3c(cc2N)OCO3)n1. The van der Waals surface area contributed by atoms with Crippen LogP contribution < -0.4 is 20.5 Å². The van der Waals surface area contributed by atoms with Crippen LogP contribution in [0.2, 0.25) is 0 Å².